The third kappa shape index (κ3) is 3.56. The van der Waals surface area contributed by atoms with Crippen LogP contribution in [0.25, 0.3) is 0 Å². The number of carbonyl (C=O) groups excluding carboxylic acids is 1. The monoisotopic (exact) mass is 385 g/mol. The molecule has 1 saturated carbocycles. The number of ether oxygens (including phenoxy) is 1. The van der Waals surface area contributed by atoms with Crippen LogP contribution < -0.4 is 15.6 Å². The van der Waals surface area contributed by atoms with Gasteiger partial charge in [0.2, 0.25) is 5.91 Å². The molecule has 1 unspecified atom stereocenters. The largest absolute Gasteiger partial charge is 0.490 e. The maximum absolute atomic E-state index is 12.8. The van der Waals surface area contributed by atoms with Crippen molar-refractivity contribution in [3.05, 3.63) is 58.4 Å². The van der Waals surface area contributed by atoms with Crippen LogP contribution >= 0.6 is 11.8 Å². The highest BCUT2D eigenvalue weighted by atomic mass is 32.2. The van der Waals surface area contributed by atoms with Crippen LogP contribution in [0.1, 0.15) is 48.1 Å². The van der Waals surface area contributed by atoms with Gasteiger partial charge in [-0.3, -0.25) is 19.4 Å². The number of aromatic amines is 1. The Morgan fingerprint density at radius 1 is 1.22 bits per heavy atom. The van der Waals surface area contributed by atoms with E-state index in [1.807, 2.05) is 28.9 Å². The van der Waals surface area contributed by atoms with Gasteiger partial charge in [-0.25, -0.2) is 0 Å². The van der Waals surface area contributed by atoms with Crippen molar-refractivity contribution in [3.63, 3.8) is 0 Å². The van der Waals surface area contributed by atoms with Crippen molar-refractivity contribution in [3.8, 4) is 5.75 Å². The van der Waals surface area contributed by atoms with Crippen LogP contribution in [0, 0.1) is 0 Å². The number of hydrogen-bond acceptors (Lipinski definition) is 4. The van der Waals surface area contributed by atoms with E-state index < -0.39 is 0 Å². The lowest BCUT2D eigenvalue weighted by molar-refractivity contribution is -0.113. The molecule has 1 aromatic heterocycles. The molecule has 0 radical (unpaired) electrons. The van der Waals surface area contributed by atoms with Crippen molar-refractivity contribution in [2.75, 3.05) is 17.7 Å². The summed E-state index contributed by atoms with van der Waals surface area (Å²) in [5, 5.41) is 5.75. The van der Waals surface area contributed by atoms with Crippen LogP contribution in [0.3, 0.4) is 0 Å². The van der Waals surface area contributed by atoms with Crippen LogP contribution in [0.4, 0.5) is 5.82 Å². The summed E-state index contributed by atoms with van der Waals surface area (Å²) in [6, 6.07) is 7.95. The zero-order chi connectivity index (χ0) is 18.8. The SMILES string of the molecule is C=CCOc1ccc(C2SCC(=O)Nc3c2c(=O)[nH]n3C2CCCC2)cc1. The van der Waals surface area contributed by atoms with Gasteiger partial charge < -0.3 is 10.1 Å². The summed E-state index contributed by atoms with van der Waals surface area (Å²) >= 11 is 1.48. The summed E-state index contributed by atoms with van der Waals surface area (Å²) in [6.07, 6.45) is 6.06. The first kappa shape index (κ1) is 18.0. The van der Waals surface area contributed by atoms with Gasteiger partial charge in [0.15, 0.2) is 0 Å². The average Bonchev–Trinajstić information content (AvgIpc) is 3.26. The molecule has 2 N–H and O–H groups in total. The maximum atomic E-state index is 12.8. The summed E-state index contributed by atoms with van der Waals surface area (Å²) in [4.78, 5) is 25.1. The Morgan fingerprint density at radius 3 is 2.67 bits per heavy atom. The number of thioether (sulfide) groups is 1. The minimum absolute atomic E-state index is 0.0690. The topological polar surface area (TPSA) is 76.1 Å². The van der Waals surface area contributed by atoms with E-state index in [-0.39, 0.29) is 22.8 Å². The molecule has 1 aromatic carbocycles. The number of aromatic nitrogens is 2. The number of fused-ring (bicyclic) bond motifs is 1. The fraction of sp³-hybridized carbons (Fsp3) is 0.400. The average molecular weight is 385 g/mol. The van der Waals surface area contributed by atoms with E-state index in [1.165, 1.54) is 11.8 Å². The molecule has 1 atom stereocenters. The molecular formula is C20H23N3O3S. The van der Waals surface area contributed by atoms with E-state index in [9.17, 15) is 9.59 Å². The first-order valence-corrected chi connectivity index (χ1v) is 10.3. The Balaban J connectivity index is 1.72. The molecule has 2 aromatic rings. The summed E-state index contributed by atoms with van der Waals surface area (Å²) in [5.74, 6) is 1.64. The molecule has 0 spiro atoms. The predicted molar refractivity (Wildman–Crippen MR) is 108 cm³/mol. The lowest BCUT2D eigenvalue weighted by Crippen LogP contribution is -2.18. The van der Waals surface area contributed by atoms with Gasteiger partial charge in [-0.1, -0.05) is 37.6 Å². The zero-order valence-electron chi connectivity index (χ0n) is 15.1. The van der Waals surface area contributed by atoms with E-state index in [0.29, 0.717) is 23.7 Å². The molecule has 1 aliphatic carbocycles. The first-order chi connectivity index (χ1) is 13.2. The van der Waals surface area contributed by atoms with Crippen molar-refractivity contribution in [1.29, 1.82) is 0 Å². The molecule has 7 heteroatoms. The second-order valence-corrected chi connectivity index (χ2v) is 8.01. The number of benzene rings is 1. The molecular weight excluding hydrogens is 362 g/mol. The van der Waals surface area contributed by atoms with E-state index in [2.05, 4.69) is 17.0 Å². The Bertz CT molecular complexity index is 894. The van der Waals surface area contributed by atoms with E-state index >= 15 is 0 Å². The Kier molecular flexibility index (Phi) is 5.11. The smallest absolute Gasteiger partial charge is 0.270 e. The molecule has 27 heavy (non-hydrogen) atoms. The fourth-order valence-corrected chi connectivity index (χ4v) is 4.96. The van der Waals surface area contributed by atoms with Gasteiger partial charge in [-0.05, 0) is 30.5 Å². The third-order valence-electron chi connectivity index (χ3n) is 5.10. The molecule has 2 heterocycles. The van der Waals surface area contributed by atoms with E-state index in [0.717, 1.165) is 37.0 Å². The molecule has 6 nitrogen and oxygen atoms in total. The van der Waals surface area contributed by atoms with Gasteiger partial charge >= 0.3 is 0 Å². The lowest BCUT2D eigenvalue weighted by Gasteiger charge is -2.17. The highest BCUT2D eigenvalue weighted by Crippen LogP contribution is 2.42. The molecule has 2 aliphatic rings. The standard InChI is InChI=1S/C20H23N3O3S/c1-2-11-26-15-9-7-13(8-10-15)18-17-19(21-16(24)12-27-18)23(22-20(17)25)14-5-3-4-6-14/h2,7-10,14,18H,1,3-6,11-12H2,(H,21,24)(H,22,25). The molecule has 0 saturated heterocycles. The minimum atomic E-state index is -0.196. The molecule has 1 aliphatic heterocycles. The first-order valence-electron chi connectivity index (χ1n) is 9.27. The van der Waals surface area contributed by atoms with Crippen molar-refractivity contribution in [2.24, 2.45) is 0 Å². The second-order valence-electron chi connectivity index (χ2n) is 6.92. The molecule has 0 bridgehead atoms. The summed E-state index contributed by atoms with van der Waals surface area (Å²) in [7, 11) is 0. The van der Waals surface area contributed by atoms with E-state index in [4.69, 9.17) is 4.74 Å². The van der Waals surface area contributed by atoms with Gasteiger partial charge in [-0.2, -0.15) is 0 Å². The number of hydrogen-bond donors (Lipinski definition) is 2. The van der Waals surface area contributed by atoms with Crippen molar-refractivity contribution in [2.45, 2.75) is 37.0 Å². The second kappa shape index (κ2) is 7.68. The number of amides is 1. The van der Waals surface area contributed by atoms with Gasteiger partial charge in [-0.15, -0.1) is 11.8 Å². The Labute approximate surface area is 162 Å². The maximum Gasteiger partial charge on any atom is 0.270 e. The number of anilines is 1. The number of rotatable bonds is 5. The van der Waals surface area contributed by atoms with Gasteiger partial charge in [0, 0.05) is 0 Å². The van der Waals surface area contributed by atoms with Gasteiger partial charge in [0.25, 0.3) is 5.56 Å². The van der Waals surface area contributed by atoms with Crippen LogP contribution in [-0.4, -0.2) is 28.0 Å². The van der Waals surface area contributed by atoms with Crippen LogP contribution in [0.2, 0.25) is 0 Å². The number of carbonyl (C=O) groups is 1. The Hall–Kier alpha value is -2.41. The molecule has 142 valence electrons. The number of nitrogens with zero attached hydrogens (tertiary/aromatic N) is 1. The minimum Gasteiger partial charge on any atom is -0.490 e. The normalized spacial score (nSPS) is 20.0. The number of H-pyrrole nitrogens is 1. The van der Waals surface area contributed by atoms with Gasteiger partial charge in [0.1, 0.15) is 18.2 Å². The van der Waals surface area contributed by atoms with E-state index in [1.54, 1.807) is 6.08 Å². The molecule has 4 rings (SSSR count). The zero-order valence-corrected chi connectivity index (χ0v) is 15.9. The summed E-state index contributed by atoms with van der Waals surface area (Å²) < 4.78 is 7.43. The van der Waals surface area contributed by atoms with Crippen LogP contribution in [0.5, 0.6) is 5.75 Å². The highest BCUT2D eigenvalue weighted by Gasteiger charge is 2.32. The third-order valence-corrected chi connectivity index (χ3v) is 6.37. The summed E-state index contributed by atoms with van der Waals surface area (Å²) in [6.45, 7) is 4.09. The predicted octanol–water partition coefficient (Wildman–Crippen LogP) is 3.63. The van der Waals surface area contributed by atoms with Crippen molar-refractivity contribution in [1.82, 2.24) is 9.78 Å². The quantitative estimate of drug-likeness (QED) is 0.771. The molecule has 1 amide bonds. The molecule has 1 fully saturated rings. The van der Waals surface area contributed by atoms with Crippen LogP contribution in [-0.2, 0) is 4.79 Å². The Morgan fingerprint density at radius 2 is 1.96 bits per heavy atom. The fourth-order valence-electron chi connectivity index (χ4n) is 3.84. The number of nitrogens with one attached hydrogen (secondary N) is 2. The summed E-state index contributed by atoms with van der Waals surface area (Å²) in [5.41, 5.74) is 1.50. The highest BCUT2D eigenvalue weighted by molar-refractivity contribution is 8.00. The van der Waals surface area contributed by atoms with Gasteiger partial charge in [0.05, 0.1) is 22.6 Å². The lowest BCUT2D eigenvalue weighted by atomic mass is 10.1. The van der Waals surface area contributed by atoms with Crippen LogP contribution in [0.15, 0.2) is 41.7 Å². The van der Waals surface area contributed by atoms with Crippen molar-refractivity contribution < 1.29 is 9.53 Å². The van der Waals surface area contributed by atoms with Crippen molar-refractivity contribution >= 4 is 23.5 Å².